The van der Waals surface area contributed by atoms with Crippen molar-refractivity contribution in [3.8, 4) is 0 Å². The fourth-order valence-electron chi connectivity index (χ4n) is 1.59. The van der Waals surface area contributed by atoms with Gasteiger partial charge in [-0.25, -0.2) is 4.79 Å². The van der Waals surface area contributed by atoms with Crippen LogP contribution in [0.1, 0.15) is 30.4 Å². The van der Waals surface area contributed by atoms with E-state index in [0.717, 1.165) is 6.29 Å². The van der Waals surface area contributed by atoms with Crippen LogP contribution in [0.2, 0.25) is 0 Å². The highest BCUT2D eigenvalue weighted by Crippen LogP contribution is 2.21. The smallest absolute Gasteiger partial charge is 0.329 e. The second-order valence-corrected chi connectivity index (χ2v) is 3.67. The van der Waals surface area contributed by atoms with Crippen LogP contribution < -0.4 is 0 Å². The molecule has 0 radical (unpaired) electrons. The molecule has 15 heavy (non-hydrogen) atoms. The van der Waals surface area contributed by atoms with E-state index in [2.05, 4.69) is 0 Å². The van der Waals surface area contributed by atoms with Crippen LogP contribution in [0, 0.1) is 5.92 Å². The van der Waals surface area contributed by atoms with Crippen molar-refractivity contribution in [3.63, 3.8) is 0 Å². The Morgan fingerprint density at radius 3 is 2.67 bits per heavy atom. The van der Waals surface area contributed by atoms with E-state index in [1.165, 1.54) is 7.11 Å². The number of methoxy groups -OCH3 is 1. The topological polar surface area (TPSA) is 48.3 Å². The Balaban J connectivity index is 3.09. The van der Waals surface area contributed by atoms with Gasteiger partial charge in [0.2, 0.25) is 0 Å². The van der Waals surface area contributed by atoms with Crippen LogP contribution in [0.15, 0.2) is 18.3 Å². The molecule has 4 nitrogen and oxygen atoms in total. The zero-order chi connectivity index (χ0) is 11.4. The first-order valence-electron chi connectivity index (χ1n) is 4.81. The largest absolute Gasteiger partial charge is 0.467 e. The number of carbonyl (C=O) groups is 2. The Bertz CT molecular complexity index is 354. The summed E-state index contributed by atoms with van der Waals surface area (Å²) in [7, 11) is 1.35. The van der Waals surface area contributed by atoms with Gasteiger partial charge in [-0.3, -0.25) is 4.79 Å². The van der Waals surface area contributed by atoms with Gasteiger partial charge in [0, 0.05) is 6.20 Å². The Labute approximate surface area is 88.8 Å². The molecule has 0 spiro atoms. The Morgan fingerprint density at radius 1 is 1.53 bits per heavy atom. The molecule has 0 unspecified atom stereocenters. The van der Waals surface area contributed by atoms with E-state index in [1.54, 1.807) is 22.9 Å². The number of aromatic nitrogens is 1. The van der Waals surface area contributed by atoms with Gasteiger partial charge in [0.05, 0.1) is 12.8 Å². The third kappa shape index (κ3) is 2.26. The maximum Gasteiger partial charge on any atom is 0.329 e. The average molecular weight is 209 g/mol. The first-order chi connectivity index (χ1) is 7.11. The average Bonchev–Trinajstić information content (AvgIpc) is 2.65. The highest BCUT2D eigenvalue weighted by molar-refractivity contribution is 5.78. The second kappa shape index (κ2) is 4.77. The number of carbonyl (C=O) groups excluding carboxylic acids is 2. The zero-order valence-electron chi connectivity index (χ0n) is 9.14. The molecule has 0 fully saturated rings. The third-order valence-electron chi connectivity index (χ3n) is 2.31. The Kier molecular flexibility index (Phi) is 3.66. The molecule has 0 bridgehead atoms. The zero-order valence-corrected chi connectivity index (χ0v) is 9.14. The third-order valence-corrected chi connectivity index (χ3v) is 2.31. The molecule has 0 saturated heterocycles. The fourth-order valence-corrected chi connectivity index (χ4v) is 1.59. The number of rotatable bonds is 4. The molecule has 0 aliphatic heterocycles. The lowest BCUT2D eigenvalue weighted by Gasteiger charge is -2.21. The van der Waals surface area contributed by atoms with Gasteiger partial charge >= 0.3 is 5.97 Å². The molecule has 0 aliphatic rings. The van der Waals surface area contributed by atoms with Gasteiger partial charge in [0.25, 0.3) is 0 Å². The first kappa shape index (κ1) is 11.5. The monoisotopic (exact) mass is 209 g/mol. The Morgan fingerprint density at radius 2 is 2.20 bits per heavy atom. The van der Waals surface area contributed by atoms with Gasteiger partial charge < -0.3 is 9.30 Å². The van der Waals surface area contributed by atoms with Gasteiger partial charge in [0.1, 0.15) is 6.04 Å². The minimum atomic E-state index is -0.440. The molecule has 0 aliphatic carbocycles. The summed E-state index contributed by atoms with van der Waals surface area (Å²) in [6.07, 6.45) is 2.45. The first-order valence-corrected chi connectivity index (χ1v) is 4.81. The summed E-state index contributed by atoms with van der Waals surface area (Å²) in [4.78, 5) is 22.3. The molecule has 1 aromatic rings. The highest BCUT2D eigenvalue weighted by atomic mass is 16.5. The van der Waals surface area contributed by atoms with Crippen LogP contribution in [0.3, 0.4) is 0 Å². The van der Waals surface area contributed by atoms with E-state index in [4.69, 9.17) is 4.74 Å². The van der Waals surface area contributed by atoms with E-state index in [0.29, 0.717) is 5.69 Å². The van der Waals surface area contributed by atoms with Crippen LogP contribution in [0.4, 0.5) is 0 Å². The van der Waals surface area contributed by atoms with Crippen molar-refractivity contribution < 1.29 is 14.3 Å². The molecule has 0 saturated carbocycles. The molecule has 82 valence electrons. The fraction of sp³-hybridized carbons (Fsp3) is 0.455. The summed E-state index contributed by atoms with van der Waals surface area (Å²) < 4.78 is 6.36. The number of hydrogen-bond acceptors (Lipinski definition) is 3. The number of nitrogens with zero attached hydrogens (tertiary/aromatic N) is 1. The van der Waals surface area contributed by atoms with Crippen molar-refractivity contribution in [1.82, 2.24) is 4.57 Å². The molecular weight excluding hydrogens is 194 g/mol. The van der Waals surface area contributed by atoms with E-state index in [9.17, 15) is 9.59 Å². The lowest BCUT2D eigenvalue weighted by Crippen LogP contribution is -2.26. The van der Waals surface area contributed by atoms with Gasteiger partial charge in [-0.1, -0.05) is 13.8 Å². The standard InChI is InChI=1S/C11H15NO3/c1-8(2)10(11(14)15-3)12-6-4-5-9(12)7-13/h4-8,10H,1-3H3/t10-/m0/s1. The summed E-state index contributed by atoms with van der Waals surface area (Å²) >= 11 is 0. The lowest BCUT2D eigenvalue weighted by molar-refractivity contribution is -0.146. The summed E-state index contributed by atoms with van der Waals surface area (Å²) in [6, 6.07) is 2.97. The quantitative estimate of drug-likeness (QED) is 0.559. The molecule has 0 N–H and O–H groups in total. The summed E-state index contributed by atoms with van der Waals surface area (Å²) in [6.45, 7) is 3.83. The van der Waals surface area contributed by atoms with Crippen LogP contribution in [-0.4, -0.2) is 23.9 Å². The molecule has 1 aromatic heterocycles. The van der Waals surface area contributed by atoms with Gasteiger partial charge in [0.15, 0.2) is 6.29 Å². The molecule has 1 atom stereocenters. The second-order valence-electron chi connectivity index (χ2n) is 3.67. The molecule has 0 aromatic carbocycles. The highest BCUT2D eigenvalue weighted by Gasteiger charge is 2.25. The number of esters is 1. The normalized spacial score (nSPS) is 12.5. The number of hydrogen-bond donors (Lipinski definition) is 0. The molecular formula is C11H15NO3. The van der Waals surface area contributed by atoms with Crippen molar-refractivity contribution in [2.75, 3.05) is 7.11 Å². The molecule has 1 heterocycles. The summed E-state index contributed by atoms with van der Waals surface area (Å²) in [5.74, 6) is -0.257. The summed E-state index contributed by atoms with van der Waals surface area (Å²) in [5.41, 5.74) is 0.485. The lowest BCUT2D eigenvalue weighted by atomic mass is 10.0. The van der Waals surface area contributed by atoms with Gasteiger partial charge in [-0.2, -0.15) is 0 Å². The predicted molar refractivity (Wildman–Crippen MR) is 55.7 cm³/mol. The predicted octanol–water partition coefficient (Wildman–Crippen LogP) is 1.67. The van der Waals surface area contributed by atoms with E-state index >= 15 is 0 Å². The minimum Gasteiger partial charge on any atom is -0.467 e. The Hall–Kier alpha value is -1.58. The van der Waals surface area contributed by atoms with Crippen LogP contribution in [0.5, 0.6) is 0 Å². The maximum absolute atomic E-state index is 11.6. The van der Waals surface area contributed by atoms with Crippen molar-refractivity contribution in [3.05, 3.63) is 24.0 Å². The number of ether oxygens (including phenoxy) is 1. The summed E-state index contributed by atoms with van der Waals surface area (Å²) in [5, 5.41) is 0. The van der Waals surface area contributed by atoms with Crippen LogP contribution in [0.25, 0.3) is 0 Å². The molecule has 4 heteroatoms. The minimum absolute atomic E-state index is 0.0727. The maximum atomic E-state index is 11.6. The van der Waals surface area contributed by atoms with Crippen molar-refractivity contribution in [2.24, 2.45) is 5.92 Å². The number of aldehydes is 1. The SMILES string of the molecule is COC(=O)[C@H](C(C)C)n1cccc1C=O. The molecule has 1 rings (SSSR count). The molecule has 0 amide bonds. The van der Waals surface area contributed by atoms with Gasteiger partial charge in [-0.05, 0) is 18.1 Å². The van der Waals surface area contributed by atoms with Crippen molar-refractivity contribution >= 4 is 12.3 Å². The van der Waals surface area contributed by atoms with Gasteiger partial charge in [-0.15, -0.1) is 0 Å². The van der Waals surface area contributed by atoms with Crippen molar-refractivity contribution in [1.29, 1.82) is 0 Å². The van der Waals surface area contributed by atoms with Crippen LogP contribution >= 0.6 is 0 Å². The van der Waals surface area contributed by atoms with Crippen molar-refractivity contribution in [2.45, 2.75) is 19.9 Å². The van der Waals surface area contributed by atoms with Crippen LogP contribution in [-0.2, 0) is 9.53 Å². The van der Waals surface area contributed by atoms with E-state index in [-0.39, 0.29) is 11.9 Å². The van der Waals surface area contributed by atoms with E-state index in [1.807, 2.05) is 13.8 Å². The van der Waals surface area contributed by atoms with E-state index < -0.39 is 6.04 Å².